The van der Waals surface area contributed by atoms with Gasteiger partial charge in [0.1, 0.15) is 0 Å². The lowest BCUT2D eigenvalue weighted by molar-refractivity contribution is -0.386. The molecule has 11 nitrogen and oxygen atoms in total. The quantitative estimate of drug-likeness (QED) is 0.428. The standard InChI is InChI=1S/C18H15N5O6/c1-10-17(22(24)25)15(28-20-10)7-14(13-5-3-12(9-19)4-6-13)8-16-18(23(26)27)11(2)21-29-16/h3-6,14H,7-8H2,1-2H3. The Morgan fingerprint density at radius 1 is 0.966 bits per heavy atom. The molecule has 0 saturated carbocycles. The van der Waals surface area contributed by atoms with Crippen LogP contribution in [-0.2, 0) is 12.8 Å². The van der Waals surface area contributed by atoms with Crippen LogP contribution in [0.25, 0.3) is 0 Å². The first kappa shape index (κ1) is 19.7. The van der Waals surface area contributed by atoms with Gasteiger partial charge in [-0.1, -0.05) is 22.4 Å². The van der Waals surface area contributed by atoms with Gasteiger partial charge in [0.2, 0.25) is 11.5 Å². The van der Waals surface area contributed by atoms with Gasteiger partial charge in [0, 0.05) is 12.8 Å². The molecule has 11 heteroatoms. The summed E-state index contributed by atoms with van der Waals surface area (Å²) in [6.45, 7) is 2.93. The topological polar surface area (TPSA) is 162 Å². The summed E-state index contributed by atoms with van der Waals surface area (Å²) in [6.07, 6.45) is 0.111. The van der Waals surface area contributed by atoms with Gasteiger partial charge in [0.15, 0.2) is 11.4 Å². The molecule has 2 aromatic heterocycles. The van der Waals surface area contributed by atoms with E-state index in [2.05, 4.69) is 10.3 Å². The molecule has 0 amide bonds. The first-order chi connectivity index (χ1) is 13.8. The molecule has 0 saturated heterocycles. The Labute approximate surface area is 163 Å². The van der Waals surface area contributed by atoms with Crippen LogP contribution in [0.2, 0.25) is 0 Å². The maximum atomic E-state index is 11.4. The van der Waals surface area contributed by atoms with Crippen molar-refractivity contribution in [3.63, 3.8) is 0 Å². The Morgan fingerprint density at radius 3 is 1.79 bits per heavy atom. The second-order valence-corrected chi connectivity index (χ2v) is 6.43. The minimum absolute atomic E-state index is 0.0555. The number of hydrogen-bond acceptors (Lipinski definition) is 9. The molecule has 0 aliphatic carbocycles. The monoisotopic (exact) mass is 397 g/mol. The molecule has 0 aliphatic heterocycles. The molecule has 0 bridgehead atoms. The van der Waals surface area contributed by atoms with Crippen LogP contribution in [0.5, 0.6) is 0 Å². The second kappa shape index (κ2) is 7.89. The zero-order valence-electron chi connectivity index (χ0n) is 15.5. The number of benzene rings is 1. The Kier molecular flexibility index (Phi) is 5.36. The van der Waals surface area contributed by atoms with Crippen LogP contribution >= 0.6 is 0 Å². The zero-order valence-corrected chi connectivity index (χ0v) is 15.5. The molecular formula is C18H15N5O6. The molecule has 148 valence electrons. The molecule has 0 N–H and O–H groups in total. The molecule has 29 heavy (non-hydrogen) atoms. The Morgan fingerprint density at radius 2 is 1.41 bits per heavy atom. The summed E-state index contributed by atoms with van der Waals surface area (Å²) >= 11 is 0. The fourth-order valence-corrected chi connectivity index (χ4v) is 3.14. The molecule has 0 atom stereocenters. The summed E-state index contributed by atoms with van der Waals surface area (Å²) in [6, 6.07) is 8.59. The van der Waals surface area contributed by atoms with Crippen molar-refractivity contribution in [1.29, 1.82) is 5.26 Å². The highest BCUT2D eigenvalue weighted by Gasteiger charge is 2.31. The zero-order chi connectivity index (χ0) is 21.1. The lowest BCUT2D eigenvalue weighted by Crippen LogP contribution is -2.09. The molecule has 0 fully saturated rings. The van der Waals surface area contributed by atoms with E-state index in [1.54, 1.807) is 24.3 Å². The van der Waals surface area contributed by atoms with Gasteiger partial charge in [0.25, 0.3) is 0 Å². The lowest BCUT2D eigenvalue weighted by atomic mass is 9.89. The van der Waals surface area contributed by atoms with E-state index in [4.69, 9.17) is 14.3 Å². The number of aromatic nitrogens is 2. The Hall–Kier alpha value is -4.07. The molecular weight excluding hydrogens is 382 g/mol. The third-order valence-corrected chi connectivity index (χ3v) is 4.54. The average Bonchev–Trinajstić information content (AvgIpc) is 3.23. The van der Waals surface area contributed by atoms with Crippen molar-refractivity contribution in [2.45, 2.75) is 32.6 Å². The van der Waals surface area contributed by atoms with Crippen molar-refractivity contribution in [3.05, 3.63) is 78.5 Å². The van der Waals surface area contributed by atoms with E-state index in [0.29, 0.717) is 11.1 Å². The summed E-state index contributed by atoms with van der Waals surface area (Å²) in [5, 5.41) is 39.0. The highest BCUT2D eigenvalue weighted by Crippen LogP contribution is 2.34. The van der Waals surface area contributed by atoms with Crippen LogP contribution in [-0.4, -0.2) is 20.2 Å². The first-order valence-electron chi connectivity index (χ1n) is 8.51. The molecule has 1 aromatic carbocycles. The number of hydrogen-bond donors (Lipinski definition) is 0. The molecule has 3 rings (SSSR count). The smallest absolute Gasteiger partial charge is 0.334 e. The van der Waals surface area contributed by atoms with Crippen molar-refractivity contribution in [2.24, 2.45) is 0 Å². The van der Waals surface area contributed by atoms with Crippen molar-refractivity contribution in [3.8, 4) is 6.07 Å². The number of nitro groups is 2. The molecule has 3 aromatic rings. The van der Waals surface area contributed by atoms with Crippen molar-refractivity contribution >= 4 is 11.4 Å². The van der Waals surface area contributed by atoms with Gasteiger partial charge in [-0.05, 0) is 37.5 Å². The SMILES string of the molecule is Cc1noc(CC(Cc2onc(C)c2[N+](=O)[O-])c2ccc(C#N)cc2)c1[N+](=O)[O-]. The van der Waals surface area contributed by atoms with Crippen LogP contribution in [0.1, 0.15) is 40.0 Å². The maximum absolute atomic E-state index is 11.4. The largest absolute Gasteiger partial charge is 0.354 e. The third-order valence-electron chi connectivity index (χ3n) is 4.54. The van der Waals surface area contributed by atoms with Gasteiger partial charge in [0.05, 0.1) is 21.5 Å². The van der Waals surface area contributed by atoms with Crippen LogP contribution in [0, 0.1) is 45.4 Å². The summed E-state index contributed by atoms with van der Waals surface area (Å²) in [5.74, 6) is -0.360. The molecule has 0 unspecified atom stereocenters. The number of nitrogens with zero attached hydrogens (tertiary/aromatic N) is 5. The van der Waals surface area contributed by atoms with E-state index < -0.39 is 15.8 Å². The van der Waals surface area contributed by atoms with E-state index in [1.165, 1.54) is 13.8 Å². The minimum atomic E-state index is -0.571. The molecule has 0 spiro atoms. The fraction of sp³-hybridized carbons (Fsp3) is 0.278. The highest BCUT2D eigenvalue weighted by atomic mass is 16.6. The van der Waals surface area contributed by atoms with Gasteiger partial charge in [-0.2, -0.15) is 5.26 Å². The highest BCUT2D eigenvalue weighted by molar-refractivity contribution is 5.42. The second-order valence-electron chi connectivity index (χ2n) is 6.43. The van der Waals surface area contributed by atoms with Crippen LogP contribution < -0.4 is 0 Å². The van der Waals surface area contributed by atoms with Gasteiger partial charge in [-0.25, -0.2) is 0 Å². The summed E-state index contributed by atoms with van der Waals surface area (Å²) in [5.41, 5.74) is 0.972. The molecule has 2 heterocycles. The maximum Gasteiger partial charge on any atom is 0.334 e. The predicted molar refractivity (Wildman–Crippen MR) is 97.1 cm³/mol. The summed E-state index contributed by atoms with van der Waals surface area (Å²) in [4.78, 5) is 21.6. The van der Waals surface area contributed by atoms with E-state index in [1.807, 2.05) is 6.07 Å². The van der Waals surface area contributed by atoms with Crippen LogP contribution in [0.4, 0.5) is 11.4 Å². The number of aryl methyl sites for hydroxylation is 2. The van der Waals surface area contributed by atoms with Gasteiger partial charge >= 0.3 is 11.4 Å². The van der Waals surface area contributed by atoms with Crippen LogP contribution in [0.15, 0.2) is 33.3 Å². The van der Waals surface area contributed by atoms with E-state index in [0.717, 1.165) is 0 Å². The Bertz CT molecular complexity index is 1050. The molecule has 0 radical (unpaired) electrons. The Balaban J connectivity index is 2.02. The van der Waals surface area contributed by atoms with Crippen LogP contribution in [0.3, 0.4) is 0 Å². The first-order valence-corrected chi connectivity index (χ1v) is 8.51. The lowest BCUT2D eigenvalue weighted by Gasteiger charge is -2.14. The van der Waals surface area contributed by atoms with Gasteiger partial charge in [-0.3, -0.25) is 20.2 Å². The van der Waals surface area contributed by atoms with Gasteiger partial charge in [-0.15, -0.1) is 0 Å². The summed E-state index contributed by atoms with van der Waals surface area (Å²) in [7, 11) is 0. The fourth-order valence-electron chi connectivity index (χ4n) is 3.14. The van der Waals surface area contributed by atoms with Crippen molar-refractivity contribution < 1.29 is 18.9 Å². The average molecular weight is 397 g/mol. The number of rotatable bonds is 7. The normalized spacial score (nSPS) is 10.8. The summed E-state index contributed by atoms with van der Waals surface area (Å²) < 4.78 is 10.3. The van der Waals surface area contributed by atoms with Crippen molar-refractivity contribution in [1.82, 2.24) is 10.3 Å². The van der Waals surface area contributed by atoms with Crippen molar-refractivity contribution in [2.75, 3.05) is 0 Å². The third kappa shape index (κ3) is 3.96. The van der Waals surface area contributed by atoms with E-state index in [-0.39, 0.29) is 47.1 Å². The molecule has 0 aliphatic rings. The van der Waals surface area contributed by atoms with Gasteiger partial charge < -0.3 is 9.05 Å². The van der Waals surface area contributed by atoms with E-state index >= 15 is 0 Å². The minimum Gasteiger partial charge on any atom is -0.354 e. The van der Waals surface area contributed by atoms with E-state index in [9.17, 15) is 20.2 Å². The predicted octanol–water partition coefficient (Wildman–Crippen LogP) is 3.54. The number of nitriles is 1.